The fourth-order valence-electron chi connectivity index (χ4n) is 2.50. The molecule has 118 valence electrons. The zero-order valence-electron chi connectivity index (χ0n) is 13.0. The molecule has 1 atom stereocenters. The quantitative estimate of drug-likeness (QED) is 0.821. The number of hydrogen-bond donors (Lipinski definition) is 1. The first kappa shape index (κ1) is 16.1. The zero-order chi connectivity index (χ0) is 15.1. The number of hydrogen-bond acceptors (Lipinski definition) is 5. The number of ether oxygens (including phenoxy) is 3. The molecule has 1 aliphatic rings. The van der Waals surface area contributed by atoms with Gasteiger partial charge in [0.15, 0.2) is 11.5 Å². The summed E-state index contributed by atoms with van der Waals surface area (Å²) >= 11 is 0. The second kappa shape index (κ2) is 8.22. The molecule has 2 rings (SSSR count). The van der Waals surface area contributed by atoms with Gasteiger partial charge in [0.1, 0.15) is 6.61 Å². The Bertz CT molecular complexity index is 432. The molecule has 1 aromatic carbocycles. The number of para-hydroxylation sites is 1. The Morgan fingerprint density at radius 3 is 2.76 bits per heavy atom. The number of nitrogens with zero attached hydrogens (tertiary/aromatic N) is 1. The van der Waals surface area contributed by atoms with Gasteiger partial charge < -0.3 is 19.9 Å². The summed E-state index contributed by atoms with van der Waals surface area (Å²) in [6.45, 7) is 7.11. The molecule has 0 spiro atoms. The van der Waals surface area contributed by atoms with Gasteiger partial charge >= 0.3 is 0 Å². The molecule has 0 aliphatic carbocycles. The van der Waals surface area contributed by atoms with Gasteiger partial charge in [-0.3, -0.25) is 4.90 Å². The molecule has 1 fully saturated rings. The van der Waals surface area contributed by atoms with E-state index in [2.05, 4.69) is 11.0 Å². The topological polar surface area (TPSA) is 57.0 Å². The molecule has 2 N–H and O–H groups in total. The maximum Gasteiger partial charge on any atom is 0.164 e. The fraction of sp³-hybridized carbons (Fsp3) is 0.625. The predicted octanol–water partition coefficient (Wildman–Crippen LogP) is 1.30. The largest absolute Gasteiger partial charge is 0.493 e. The summed E-state index contributed by atoms with van der Waals surface area (Å²) in [6.07, 6.45) is 0.782. The molecule has 0 saturated carbocycles. The number of methoxy groups -OCH3 is 1. The Morgan fingerprint density at radius 1 is 1.33 bits per heavy atom. The van der Waals surface area contributed by atoms with Gasteiger partial charge in [-0.2, -0.15) is 0 Å². The molecule has 1 aliphatic heterocycles. The van der Waals surface area contributed by atoms with E-state index in [1.54, 1.807) is 7.11 Å². The summed E-state index contributed by atoms with van der Waals surface area (Å²) in [5, 5.41) is 0. The number of nitrogens with two attached hydrogens (primary N) is 1. The molecular formula is C16H26N2O3. The Kier molecular flexibility index (Phi) is 6.29. The second-order valence-electron chi connectivity index (χ2n) is 5.43. The molecular weight excluding hydrogens is 268 g/mol. The Hall–Kier alpha value is -1.30. The molecule has 0 bridgehead atoms. The van der Waals surface area contributed by atoms with Crippen LogP contribution in [0.15, 0.2) is 18.2 Å². The lowest BCUT2D eigenvalue weighted by atomic mass is 10.1. The summed E-state index contributed by atoms with van der Waals surface area (Å²) in [5.41, 5.74) is 7.02. The molecule has 1 aromatic rings. The molecule has 5 heteroatoms. The third kappa shape index (κ3) is 4.88. The second-order valence-corrected chi connectivity index (χ2v) is 5.43. The molecule has 1 saturated heterocycles. The van der Waals surface area contributed by atoms with Gasteiger partial charge in [-0.25, -0.2) is 0 Å². The van der Waals surface area contributed by atoms with Crippen molar-refractivity contribution in [1.29, 1.82) is 0 Å². The van der Waals surface area contributed by atoms with Crippen LogP contribution in [0.2, 0.25) is 0 Å². The maximum atomic E-state index is 6.00. The van der Waals surface area contributed by atoms with Gasteiger partial charge in [-0.1, -0.05) is 12.1 Å². The highest BCUT2D eigenvalue weighted by Crippen LogP contribution is 2.31. The molecule has 21 heavy (non-hydrogen) atoms. The van der Waals surface area contributed by atoms with Crippen LogP contribution in [0, 0.1) is 0 Å². The van der Waals surface area contributed by atoms with Gasteiger partial charge in [0, 0.05) is 25.7 Å². The van der Waals surface area contributed by atoms with Gasteiger partial charge in [-0.05, 0) is 25.0 Å². The SMILES string of the molecule is COc1cccc(CC(C)N)c1OCCN1CCOCC1. The Balaban J connectivity index is 1.96. The van der Waals surface area contributed by atoms with Crippen molar-refractivity contribution in [3.8, 4) is 11.5 Å². The van der Waals surface area contributed by atoms with Crippen LogP contribution in [0.4, 0.5) is 0 Å². The normalized spacial score (nSPS) is 17.5. The molecule has 1 heterocycles. The summed E-state index contributed by atoms with van der Waals surface area (Å²) in [7, 11) is 1.67. The van der Waals surface area contributed by atoms with Crippen LogP contribution in [0.1, 0.15) is 12.5 Å². The lowest BCUT2D eigenvalue weighted by Crippen LogP contribution is -2.38. The van der Waals surface area contributed by atoms with Crippen molar-refractivity contribution in [3.63, 3.8) is 0 Å². The van der Waals surface area contributed by atoms with E-state index in [1.807, 2.05) is 19.1 Å². The van der Waals surface area contributed by atoms with Crippen LogP contribution in [-0.4, -0.2) is 57.5 Å². The molecule has 0 radical (unpaired) electrons. The van der Waals surface area contributed by atoms with Gasteiger partial charge in [0.05, 0.1) is 20.3 Å². The van der Waals surface area contributed by atoms with E-state index in [1.165, 1.54) is 0 Å². The van der Waals surface area contributed by atoms with Crippen molar-refractivity contribution in [1.82, 2.24) is 4.90 Å². The molecule has 1 unspecified atom stereocenters. The highest BCUT2D eigenvalue weighted by Gasteiger charge is 2.14. The zero-order valence-corrected chi connectivity index (χ0v) is 13.0. The first-order valence-corrected chi connectivity index (χ1v) is 7.55. The number of morpholine rings is 1. The minimum atomic E-state index is 0.0960. The Labute approximate surface area is 127 Å². The number of rotatable bonds is 7. The minimum Gasteiger partial charge on any atom is -0.493 e. The van der Waals surface area contributed by atoms with E-state index in [9.17, 15) is 0 Å². The first-order valence-electron chi connectivity index (χ1n) is 7.55. The average molecular weight is 294 g/mol. The van der Waals surface area contributed by atoms with Crippen molar-refractivity contribution >= 4 is 0 Å². The van der Waals surface area contributed by atoms with E-state index in [4.69, 9.17) is 19.9 Å². The van der Waals surface area contributed by atoms with Crippen LogP contribution < -0.4 is 15.2 Å². The standard InChI is InChI=1S/C16H26N2O3/c1-13(17)12-14-4-3-5-15(19-2)16(14)21-11-8-18-6-9-20-10-7-18/h3-5,13H,6-12,17H2,1-2H3. The van der Waals surface area contributed by atoms with Crippen molar-refractivity contribution in [3.05, 3.63) is 23.8 Å². The van der Waals surface area contributed by atoms with E-state index in [0.717, 1.165) is 56.3 Å². The van der Waals surface area contributed by atoms with Crippen LogP contribution in [0.3, 0.4) is 0 Å². The van der Waals surface area contributed by atoms with Gasteiger partial charge in [0.2, 0.25) is 0 Å². The summed E-state index contributed by atoms with van der Waals surface area (Å²) < 4.78 is 16.8. The van der Waals surface area contributed by atoms with Crippen molar-refractivity contribution in [2.75, 3.05) is 46.6 Å². The van der Waals surface area contributed by atoms with Crippen LogP contribution in [0.25, 0.3) is 0 Å². The minimum absolute atomic E-state index is 0.0960. The van der Waals surface area contributed by atoms with Crippen molar-refractivity contribution in [2.24, 2.45) is 5.73 Å². The third-order valence-electron chi connectivity index (χ3n) is 3.58. The van der Waals surface area contributed by atoms with Crippen LogP contribution in [-0.2, 0) is 11.2 Å². The third-order valence-corrected chi connectivity index (χ3v) is 3.58. The number of benzene rings is 1. The first-order chi connectivity index (χ1) is 10.2. The summed E-state index contributed by atoms with van der Waals surface area (Å²) in [6, 6.07) is 6.05. The molecule has 0 amide bonds. The summed E-state index contributed by atoms with van der Waals surface area (Å²) in [4.78, 5) is 2.35. The Morgan fingerprint density at radius 2 is 2.10 bits per heavy atom. The highest BCUT2D eigenvalue weighted by atomic mass is 16.5. The van der Waals surface area contributed by atoms with E-state index in [0.29, 0.717) is 6.61 Å². The van der Waals surface area contributed by atoms with E-state index < -0.39 is 0 Å². The maximum absolute atomic E-state index is 6.00. The molecule has 0 aromatic heterocycles. The van der Waals surface area contributed by atoms with E-state index >= 15 is 0 Å². The predicted molar refractivity (Wildman–Crippen MR) is 83.1 cm³/mol. The monoisotopic (exact) mass is 294 g/mol. The highest BCUT2D eigenvalue weighted by molar-refractivity contribution is 5.47. The van der Waals surface area contributed by atoms with E-state index in [-0.39, 0.29) is 6.04 Å². The van der Waals surface area contributed by atoms with Gasteiger partial charge in [-0.15, -0.1) is 0 Å². The van der Waals surface area contributed by atoms with Crippen molar-refractivity contribution in [2.45, 2.75) is 19.4 Å². The van der Waals surface area contributed by atoms with Crippen molar-refractivity contribution < 1.29 is 14.2 Å². The van der Waals surface area contributed by atoms with Crippen LogP contribution in [0.5, 0.6) is 11.5 Å². The fourth-order valence-corrected chi connectivity index (χ4v) is 2.50. The van der Waals surface area contributed by atoms with Crippen LogP contribution >= 0.6 is 0 Å². The molecule has 5 nitrogen and oxygen atoms in total. The average Bonchev–Trinajstić information content (AvgIpc) is 2.49. The smallest absolute Gasteiger partial charge is 0.164 e. The lowest BCUT2D eigenvalue weighted by Gasteiger charge is -2.26. The lowest BCUT2D eigenvalue weighted by molar-refractivity contribution is 0.0320. The van der Waals surface area contributed by atoms with Gasteiger partial charge in [0.25, 0.3) is 0 Å². The summed E-state index contributed by atoms with van der Waals surface area (Å²) in [5.74, 6) is 1.60.